The van der Waals surface area contributed by atoms with E-state index in [1.165, 1.54) is 0 Å². The Morgan fingerprint density at radius 2 is 2.11 bits per heavy atom. The molecule has 140 valence electrons. The maximum atomic E-state index is 12.7. The van der Waals surface area contributed by atoms with E-state index in [-0.39, 0.29) is 5.91 Å². The van der Waals surface area contributed by atoms with Gasteiger partial charge in [-0.25, -0.2) is 9.97 Å². The number of aromatic nitrogens is 2. The number of rotatable bonds is 9. The largest absolute Gasteiger partial charge is 0.477 e. The van der Waals surface area contributed by atoms with E-state index in [0.29, 0.717) is 24.6 Å². The highest BCUT2D eigenvalue weighted by molar-refractivity contribution is 7.98. The van der Waals surface area contributed by atoms with Gasteiger partial charge in [-0.3, -0.25) is 4.79 Å². The maximum Gasteiger partial charge on any atom is 0.252 e. The van der Waals surface area contributed by atoms with Crippen LogP contribution in [0.15, 0.2) is 58.4 Å². The van der Waals surface area contributed by atoms with Crippen molar-refractivity contribution in [2.45, 2.75) is 30.5 Å². The van der Waals surface area contributed by atoms with Crippen molar-refractivity contribution in [1.82, 2.24) is 15.3 Å². The molecule has 0 unspecified atom stereocenters. The number of hydrogen-bond donors (Lipinski definition) is 1. The van der Waals surface area contributed by atoms with Crippen LogP contribution >= 0.6 is 23.1 Å². The minimum Gasteiger partial charge on any atom is -0.477 e. The number of nitrogens with zero attached hydrogens (tertiary/aromatic N) is 2. The molecule has 0 aliphatic rings. The third kappa shape index (κ3) is 5.55. The Hall–Kier alpha value is -2.38. The van der Waals surface area contributed by atoms with Crippen LogP contribution in [0, 0.1) is 0 Å². The summed E-state index contributed by atoms with van der Waals surface area (Å²) >= 11 is 3.19. The summed E-state index contributed by atoms with van der Waals surface area (Å²) in [5.74, 6) is 1.21. The Labute approximate surface area is 167 Å². The van der Waals surface area contributed by atoms with Gasteiger partial charge in [0.25, 0.3) is 5.91 Å². The highest BCUT2D eigenvalue weighted by Crippen LogP contribution is 2.26. The van der Waals surface area contributed by atoms with E-state index < -0.39 is 0 Å². The monoisotopic (exact) mass is 399 g/mol. The van der Waals surface area contributed by atoms with Crippen molar-refractivity contribution in [3.05, 3.63) is 70.3 Å². The van der Waals surface area contributed by atoms with Gasteiger partial charge in [-0.2, -0.15) is 0 Å². The van der Waals surface area contributed by atoms with Gasteiger partial charge >= 0.3 is 0 Å². The Morgan fingerprint density at radius 1 is 1.22 bits per heavy atom. The van der Waals surface area contributed by atoms with Crippen LogP contribution < -0.4 is 10.1 Å². The number of thiazole rings is 1. The standard InChI is InChI=1S/C20H21N3O2S2/c1-2-10-25-20-15(6-5-9-21-20)11-22-19(24)17-7-3-4-8-18(17)27-13-16-12-26-14-23-16/h3-9,12,14H,2,10-11,13H2,1H3,(H,22,24). The highest BCUT2D eigenvalue weighted by Gasteiger charge is 2.13. The van der Waals surface area contributed by atoms with Gasteiger partial charge in [0.15, 0.2) is 0 Å². The van der Waals surface area contributed by atoms with Crippen LogP contribution in [0.1, 0.15) is 35.0 Å². The average molecular weight is 400 g/mol. The van der Waals surface area contributed by atoms with Crippen LogP contribution in [0.4, 0.5) is 0 Å². The predicted molar refractivity (Wildman–Crippen MR) is 109 cm³/mol. The number of hydrogen-bond acceptors (Lipinski definition) is 6. The van der Waals surface area contributed by atoms with Gasteiger partial charge in [0.05, 0.1) is 23.4 Å². The second-order valence-electron chi connectivity index (χ2n) is 5.76. The molecule has 0 radical (unpaired) electrons. The second-order valence-corrected chi connectivity index (χ2v) is 7.50. The molecule has 3 aromatic rings. The van der Waals surface area contributed by atoms with E-state index in [2.05, 4.69) is 15.3 Å². The smallest absolute Gasteiger partial charge is 0.252 e. The van der Waals surface area contributed by atoms with Gasteiger partial charge in [-0.1, -0.05) is 25.1 Å². The third-order valence-corrected chi connectivity index (χ3v) is 5.47. The van der Waals surface area contributed by atoms with E-state index in [0.717, 1.165) is 28.3 Å². The predicted octanol–water partition coefficient (Wildman–Crippen LogP) is 4.55. The summed E-state index contributed by atoms with van der Waals surface area (Å²) in [6.45, 7) is 3.02. The van der Waals surface area contributed by atoms with Gasteiger partial charge in [-0.15, -0.1) is 23.1 Å². The molecule has 1 N–H and O–H groups in total. The summed E-state index contributed by atoms with van der Waals surface area (Å²) in [5.41, 5.74) is 4.37. The molecule has 2 aromatic heterocycles. The SMILES string of the molecule is CCCOc1ncccc1CNC(=O)c1ccccc1SCc1cscn1. The zero-order chi connectivity index (χ0) is 18.9. The van der Waals surface area contributed by atoms with Gasteiger partial charge in [-0.05, 0) is 24.6 Å². The molecule has 0 aliphatic carbocycles. The first kappa shape index (κ1) is 19.4. The lowest BCUT2D eigenvalue weighted by Crippen LogP contribution is -2.24. The molecule has 2 heterocycles. The molecule has 3 rings (SSSR count). The second kappa shape index (κ2) is 10.1. The van der Waals surface area contributed by atoms with Crippen LogP contribution in [0.5, 0.6) is 5.88 Å². The molecule has 0 saturated heterocycles. The molecule has 0 spiro atoms. The lowest BCUT2D eigenvalue weighted by Gasteiger charge is -2.12. The van der Waals surface area contributed by atoms with Crippen molar-refractivity contribution in [2.75, 3.05) is 6.61 Å². The van der Waals surface area contributed by atoms with Crippen molar-refractivity contribution in [1.29, 1.82) is 0 Å². The molecule has 0 bridgehead atoms. The fraction of sp³-hybridized carbons (Fsp3) is 0.250. The van der Waals surface area contributed by atoms with Crippen LogP contribution in [0.3, 0.4) is 0 Å². The van der Waals surface area contributed by atoms with E-state index in [4.69, 9.17) is 4.74 Å². The normalized spacial score (nSPS) is 10.6. The fourth-order valence-corrected chi connectivity index (χ4v) is 4.01. The molecule has 0 saturated carbocycles. The number of carbonyl (C=O) groups is 1. The highest BCUT2D eigenvalue weighted by atomic mass is 32.2. The van der Waals surface area contributed by atoms with Gasteiger partial charge in [0, 0.05) is 34.3 Å². The fourth-order valence-electron chi connectivity index (χ4n) is 2.40. The van der Waals surface area contributed by atoms with Gasteiger partial charge in [0.2, 0.25) is 5.88 Å². The Kier molecular flexibility index (Phi) is 7.24. The topological polar surface area (TPSA) is 64.1 Å². The first-order chi connectivity index (χ1) is 13.3. The number of carbonyl (C=O) groups excluding carboxylic acids is 1. The van der Waals surface area contributed by atoms with Crippen molar-refractivity contribution in [3.8, 4) is 5.88 Å². The summed E-state index contributed by atoms with van der Waals surface area (Å²) in [7, 11) is 0. The average Bonchev–Trinajstić information content (AvgIpc) is 3.23. The molecular formula is C20H21N3O2S2. The number of nitrogens with one attached hydrogen (secondary N) is 1. The molecule has 1 amide bonds. The zero-order valence-corrected chi connectivity index (χ0v) is 16.7. The van der Waals surface area contributed by atoms with Crippen LogP contribution in [-0.2, 0) is 12.3 Å². The van der Waals surface area contributed by atoms with Crippen molar-refractivity contribution in [2.24, 2.45) is 0 Å². The summed E-state index contributed by atoms with van der Waals surface area (Å²) in [4.78, 5) is 22.2. The van der Waals surface area contributed by atoms with Crippen molar-refractivity contribution in [3.63, 3.8) is 0 Å². The molecular weight excluding hydrogens is 378 g/mol. The first-order valence-corrected chi connectivity index (χ1v) is 10.6. The molecule has 0 aliphatic heterocycles. The number of amides is 1. The molecule has 27 heavy (non-hydrogen) atoms. The van der Waals surface area contributed by atoms with E-state index in [1.54, 1.807) is 29.3 Å². The number of thioether (sulfide) groups is 1. The van der Waals surface area contributed by atoms with Crippen LogP contribution in [0.2, 0.25) is 0 Å². The summed E-state index contributed by atoms with van der Waals surface area (Å²) in [6.07, 6.45) is 2.60. The van der Waals surface area contributed by atoms with Crippen LogP contribution in [0.25, 0.3) is 0 Å². The van der Waals surface area contributed by atoms with Gasteiger partial charge in [0.1, 0.15) is 0 Å². The van der Waals surface area contributed by atoms with Crippen molar-refractivity contribution < 1.29 is 9.53 Å². The zero-order valence-electron chi connectivity index (χ0n) is 15.1. The summed E-state index contributed by atoms with van der Waals surface area (Å²) in [5, 5.41) is 5.00. The van der Waals surface area contributed by atoms with E-state index in [1.807, 2.05) is 54.2 Å². The Balaban J connectivity index is 1.65. The summed E-state index contributed by atoms with van der Waals surface area (Å²) < 4.78 is 5.66. The van der Waals surface area contributed by atoms with Gasteiger partial charge < -0.3 is 10.1 Å². The number of ether oxygens (including phenoxy) is 1. The molecule has 5 nitrogen and oxygen atoms in total. The minimum absolute atomic E-state index is 0.110. The molecule has 0 atom stereocenters. The Bertz CT molecular complexity index is 869. The first-order valence-electron chi connectivity index (χ1n) is 8.71. The molecule has 7 heteroatoms. The molecule has 1 aromatic carbocycles. The number of benzene rings is 1. The molecule has 0 fully saturated rings. The Morgan fingerprint density at radius 3 is 2.93 bits per heavy atom. The third-order valence-electron chi connectivity index (χ3n) is 3.72. The van der Waals surface area contributed by atoms with Crippen molar-refractivity contribution >= 4 is 29.0 Å². The van der Waals surface area contributed by atoms with E-state index >= 15 is 0 Å². The van der Waals surface area contributed by atoms with Crippen LogP contribution in [-0.4, -0.2) is 22.5 Å². The summed E-state index contributed by atoms with van der Waals surface area (Å²) in [6, 6.07) is 11.4. The number of pyridine rings is 1. The van der Waals surface area contributed by atoms with E-state index in [9.17, 15) is 4.79 Å². The quantitative estimate of drug-likeness (QED) is 0.535. The minimum atomic E-state index is -0.110. The maximum absolute atomic E-state index is 12.7. The lowest BCUT2D eigenvalue weighted by atomic mass is 10.2. The lowest BCUT2D eigenvalue weighted by molar-refractivity contribution is 0.0947.